The van der Waals surface area contributed by atoms with E-state index in [1.165, 1.54) is 89.0 Å². The number of ether oxygens (including phenoxy) is 1. The van der Waals surface area contributed by atoms with E-state index in [0.717, 1.165) is 48.7 Å². The Balaban J connectivity index is 1.25. The lowest BCUT2D eigenvalue weighted by atomic mass is 9.59. The number of hydrogen-bond donors (Lipinski definition) is 0. The Bertz CT molecular complexity index is 786. The van der Waals surface area contributed by atoms with Gasteiger partial charge in [0.1, 0.15) is 5.75 Å². The SMILES string of the molecule is C/C=C/CCc1ccc(OC(=O)C2CCCC3CC(C4CCC(CCCCC)CC4)CCC32)cc1. The van der Waals surface area contributed by atoms with Crippen LogP contribution in [0.2, 0.25) is 0 Å². The van der Waals surface area contributed by atoms with Gasteiger partial charge in [0.25, 0.3) is 0 Å². The molecule has 4 unspecified atom stereocenters. The van der Waals surface area contributed by atoms with Gasteiger partial charge in [0.2, 0.25) is 0 Å². The minimum absolute atomic E-state index is 0.0346. The first-order chi connectivity index (χ1) is 17.2. The van der Waals surface area contributed by atoms with Gasteiger partial charge in [0, 0.05) is 0 Å². The number of rotatable bonds is 10. The molecule has 0 amide bonds. The van der Waals surface area contributed by atoms with Crippen molar-refractivity contribution in [2.45, 2.75) is 117 Å². The minimum atomic E-state index is 0.0346. The van der Waals surface area contributed by atoms with Crippen LogP contribution in [0.4, 0.5) is 0 Å². The maximum atomic E-state index is 13.2. The Labute approximate surface area is 215 Å². The summed E-state index contributed by atoms with van der Waals surface area (Å²) in [6.07, 6.45) is 25.5. The molecule has 4 atom stereocenters. The number of fused-ring (bicyclic) bond motifs is 1. The van der Waals surface area contributed by atoms with Crippen molar-refractivity contribution >= 4 is 5.97 Å². The number of carbonyl (C=O) groups excluding carboxylic acids is 1. The highest BCUT2D eigenvalue weighted by molar-refractivity contribution is 5.75. The van der Waals surface area contributed by atoms with Gasteiger partial charge in [-0.2, -0.15) is 0 Å². The molecule has 0 aliphatic heterocycles. The van der Waals surface area contributed by atoms with E-state index in [2.05, 4.69) is 38.1 Å². The monoisotopic (exact) mass is 478 g/mol. The molecule has 2 nitrogen and oxygen atoms in total. The van der Waals surface area contributed by atoms with Crippen LogP contribution in [0, 0.1) is 35.5 Å². The number of carbonyl (C=O) groups is 1. The standard InChI is InChI=1S/C33H50O2/c1-3-5-7-10-25-14-18-27(19-15-25)28-20-23-31-29(24-28)12-9-13-32(31)33(34)35-30-21-16-26(17-22-30)11-8-6-4-2/h4,6,16-17,21-22,25,27-29,31-32H,3,5,7-15,18-20,23-24H2,1-2H3/b6-4+. The molecule has 0 radical (unpaired) electrons. The lowest BCUT2D eigenvalue weighted by Gasteiger charge is -2.46. The summed E-state index contributed by atoms with van der Waals surface area (Å²) in [5.41, 5.74) is 1.30. The largest absolute Gasteiger partial charge is 0.426 e. The van der Waals surface area contributed by atoms with Crippen LogP contribution >= 0.6 is 0 Å². The Morgan fingerprint density at radius 1 is 0.914 bits per heavy atom. The van der Waals surface area contributed by atoms with Crippen molar-refractivity contribution in [3.8, 4) is 5.75 Å². The second-order valence-electron chi connectivity index (χ2n) is 12.0. The van der Waals surface area contributed by atoms with Crippen molar-refractivity contribution in [1.29, 1.82) is 0 Å². The fourth-order valence-electron chi connectivity index (χ4n) is 7.68. The van der Waals surface area contributed by atoms with Crippen molar-refractivity contribution in [2.24, 2.45) is 35.5 Å². The molecule has 3 fully saturated rings. The molecule has 1 aromatic rings. The second kappa shape index (κ2) is 13.7. The van der Waals surface area contributed by atoms with Crippen LogP contribution in [-0.4, -0.2) is 5.97 Å². The van der Waals surface area contributed by atoms with Crippen LogP contribution in [0.25, 0.3) is 0 Å². The van der Waals surface area contributed by atoms with Crippen LogP contribution in [0.1, 0.15) is 116 Å². The maximum absolute atomic E-state index is 13.2. The van der Waals surface area contributed by atoms with Gasteiger partial charge in [-0.3, -0.25) is 4.79 Å². The van der Waals surface area contributed by atoms with E-state index >= 15 is 0 Å². The van der Waals surface area contributed by atoms with Crippen molar-refractivity contribution in [1.82, 2.24) is 0 Å². The third-order valence-electron chi connectivity index (χ3n) is 9.74. The number of hydrogen-bond acceptors (Lipinski definition) is 2. The Morgan fingerprint density at radius 3 is 2.43 bits per heavy atom. The molecular formula is C33H50O2. The summed E-state index contributed by atoms with van der Waals surface area (Å²) in [6.45, 7) is 4.37. The summed E-state index contributed by atoms with van der Waals surface area (Å²) in [5.74, 6) is 5.04. The van der Waals surface area contributed by atoms with Crippen molar-refractivity contribution in [3.63, 3.8) is 0 Å². The summed E-state index contributed by atoms with van der Waals surface area (Å²) in [5, 5.41) is 0. The van der Waals surface area contributed by atoms with Crippen LogP contribution in [0.3, 0.4) is 0 Å². The van der Waals surface area contributed by atoms with E-state index in [1.807, 2.05) is 12.1 Å². The van der Waals surface area contributed by atoms with Crippen molar-refractivity contribution in [2.75, 3.05) is 0 Å². The normalized spacial score (nSPS) is 31.3. The fourth-order valence-corrected chi connectivity index (χ4v) is 7.68. The lowest BCUT2D eigenvalue weighted by Crippen LogP contribution is -2.40. The van der Waals surface area contributed by atoms with Crippen molar-refractivity contribution in [3.05, 3.63) is 42.0 Å². The molecule has 0 N–H and O–H groups in total. The Kier molecular flexibility index (Phi) is 10.3. The Morgan fingerprint density at radius 2 is 1.69 bits per heavy atom. The van der Waals surface area contributed by atoms with Crippen LogP contribution < -0.4 is 4.74 Å². The van der Waals surface area contributed by atoms with Gasteiger partial charge < -0.3 is 4.74 Å². The van der Waals surface area contributed by atoms with E-state index in [4.69, 9.17) is 4.74 Å². The Hall–Kier alpha value is -1.57. The molecule has 3 saturated carbocycles. The van der Waals surface area contributed by atoms with Crippen LogP contribution in [0.15, 0.2) is 36.4 Å². The molecule has 1 aromatic carbocycles. The van der Waals surface area contributed by atoms with E-state index in [-0.39, 0.29) is 11.9 Å². The second-order valence-corrected chi connectivity index (χ2v) is 12.0. The van der Waals surface area contributed by atoms with E-state index in [9.17, 15) is 4.79 Å². The third-order valence-corrected chi connectivity index (χ3v) is 9.74. The fraction of sp³-hybridized carbons (Fsp3) is 0.727. The molecular weight excluding hydrogens is 428 g/mol. The molecule has 0 spiro atoms. The quantitative estimate of drug-likeness (QED) is 0.145. The summed E-state index contributed by atoms with van der Waals surface area (Å²) in [4.78, 5) is 13.2. The predicted molar refractivity (Wildman–Crippen MR) is 146 cm³/mol. The molecule has 35 heavy (non-hydrogen) atoms. The van der Waals surface area contributed by atoms with Gasteiger partial charge in [-0.25, -0.2) is 0 Å². The van der Waals surface area contributed by atoms with Gasteiger partial charge in [-0.1, -0.05) is 82.6 Å². The molecule has 194 valence electrons. The first-order valence-corrected chi connectivity index (χ1v) is 15.1. The number of unbranched alkanes of at least 4 members (excludes halogenated alkanes) is 2. The lowest BCUT2D eigenvalue weighted by molar-refractivity contribution is -0.144. The molecule has 0 bridgehead atoms. The van der Waals surface area contributed by atoms with Crippen LogP contribution in [-0.2, 0) is 11.2 Å². The van der Waals surface area contributed by atoms with E-state index < -0.39 is 0 Å². The minimum Gasteiger partial charge on any atom is -0.426 e. The molecule has 3 aliphatic rings. The molecule has 0 saturated heterocycles. The topological polar surface area (TPSA) is 26.3 Å². The van der Waals surface area contributed by atoms with Crippen molar-refractivity contribution < 1.29 is 9.53 Å². The van der Waals surface area contributed by atoms with Gasteiger partial charge in [0.15, 0.2) is 0 Å². The molecule has 3 aliphatic carbocycles. The van der Waals surface area contributed by atoms with Gasteiger partial charge >= 0.3 is 5.97 Å². The zero-order chi connectivity index (χ0) is 24.5. The number of benzene rings is 1. The first-order valence-electron chi connectivity index (χ1n) is 15.1. The highest BCUT2D eigenvalue weighted by Crippen LogP contribution is 2.50. The first kappa shape index (κ1) is 26.5. The maximum Gasteiger partial charge on any atom is 0.314 e. The highest BCUT2D eigenvalue weighted by Gasteiger charge is 2.43. The number of aryl methyl sites for hydroxylation is 1. The molecule has 0 aromatic heterocycles. The van der Waals surface area contributed by atoms with Crippen LogP contribution in [0.5, 0.6) is 5.75 Å². The van der Waals surface area contributed by atoms with E-state index in [0.29, 0.717) is 5.92 Å². The number of esters is 1. The molecule has 4 rings (SSSR count). The average molecular weight is 479 g/mol. The summed E-state index contributed by atoms with van der Waals surface area (Å²) in [6, 6.07) is 8.19. The number of allylic oxidation sites excluding steroid dienone is 2. The summed E-state index contributed by atoms with van der Waals surface area (Å²) >= 11 is 0. The van der Waals surface area contributed by atoms with Gasteiger partial charge in [0.05, 0.1) is 5.92 Å². The predicted octanol–water partition coefficient (Wildman–Crippen LogP) is 9.32. The average Bonchev–Trinajstić information content (AvgIpc) is 2.89. The third kappa shape index (κ3) is 7.46. The smallest absolute Gasteiger partial charge is 0.314 e. The highest BCUT2D eigenvalue weighted by atomic mass is 16.5. The summed E-state index contributed by atoms with van der Waals surface area (Å²) in [7, 11) is 0. The van der Waals surface area contributed by atoms with Gasteiger partial charge in [-0.05, 0) is 106 Å². The zero-order valence-electron chi connectivity index (χ0n) is 22.6. The zero-order valence-corrected chi connectivity index (χ0v) is 22.6. The molecule has 2 heteroatoms. The summed E-state index contributed by atoms with van der Waals surface area (Å²) < 4.78 is 5.93. The van der Waals surface area contributed by atoms with E-state index in [1.54, 1.807) is 0 Å². The van der Waals surface area contributed by atoms with Gasteiger partial charge in [-0.15, -0.1) is 0 Å². The molecule has 0 heterocycles.